The molecule has 36 heavy (non-hydrogen) atoms. The molecule has 0 radical (unpaired) electrons. The van der Waals surface area contributed by atoms with Crippen LogP contribution in [0.4, 0.5) is 4.79 Å². The van der Waals surface area contributed by atoms with Crippen molar-refractivity contribution in [2.75, 3.05) is 19.8 Å². The third-order valence-electron chi connectivity index (χ3n) is 6.41. The molecule has 1 saturated heterocycles. The maximum atomic E-state index is 13.3. The van der Waals surface area contributed by atoms with Crippen molar-refractivity contribution >= 4 is 23.8 Å². The molecule has 2 aliphatic rings. The molecular formula is C26H30N4O6. The van der Waals surface area contributed by atoms with E-state index in [1.807, 2.05) is 32.0 Å². The second-order valence-corrected chi connectivity index (χ2v) is 9.44. The highest BCUT2D eigenvalue weighted by Gasteiger charge is 2.49. The molecule has 2 aromatic rings. The van der Waals surface area contributed by atoms with Crippen LogP contribution in [0, 0.1) is 5.92 Å². The third-order valence-corrected chi connectivity index (χ3v) is 6.41. The molecule has 1 fully saturated rings. The molecule has 2 unspecified atom stereocenters. The highest BCUT2D eigenvalue weighted by Crippen LogP contribution is 2.34. The topological polar surface area (TPSA) is 140 Å². The molecule has 190 valence electrons. The van der Waals surface area contributed by atoms with Gasteiger partial charge in [0.25, 0.3) is 5.91 Å². The average Bonchev–Trinajstić information content (AvgIpc) is 3.00. The number of rotatable bonds is 7. The van der Waals surface area contributed by atoms with Crippen molar-refractivity contribution in [3.05, 3.63) is 59.2 Å². The minimum atomic E-state index is -1.44. The van der Waals surface area contributed by atoms with Crippen LogP contribution in [0.15, 0.2) is 42.5 Å². The number of carbonyl (C=O) groups is 4. The van der Waals surface area contributed by atoms with Crippen LogP contribution in [0.3, 0.4) is 0 Å². The first kappa shape index (κ1) is 25.0. The number of nitrogens with one attached hydrogen (secondary N) is 2. The van der Waals surface area contributed by atoms with Crippen LogP contribution in [0.1, 0.15) is 54.7 Å². The first-order chi connectivity index (χ1) is 17.1. The van der Waals surface area contributed by atoms with Gasteiger partial charge in [0.2, 0.25) is 11.8 Å². The van der Waals surface area contributed by atoms with Gasteiger partial charge in [0, 0.05) is 12.0 Å². The number of urea groups is 1. The molecule has 0 aromatic heterocycles. The standard InChI is InChI=1S/C26H30N4O6/c1-15(2)22(16-8-9-19-20(13-16)36-11-5-10-35-19)28-21(31)14-30-24(33)26(3,29-25(30)34)18-7-4-6-17(12-18)23(27)32/h4,6-9,12-13,15,22H,5,10-11,14H2,1-3H3,(H2,27,32)(H,28,31)(H,29,34). The van der Waals surface area contributed by atoms with Gasteiger partial charge < -0.3 is 25.8 Å². The number of ether oxygens (including phenoxy) is 2. The lowest BCUT2D eigenvalue weighted by Gasteiger charge is -2.25. The Morgan fingerprint density at radius 3 is 2.53 bits per heavy atom. The predicted molar refractivity (Wildman–Crippen MR) is 130 cm³/mol. The summed E-state index contributed by atoms with van der Waals surface area (Å²) in [5, 5.41) is 5.58. The summed E-state index contributed by atoms with van der Waals surface area (Å²) in [6, 6.07) is 10.6. The van der Waals surface area contributed by atoms with Gasteiger partial charge in [-0.25, -0.2) is 4.79 Å². The number of amides is 5. The molecule has 2 aliphatic heterocycles. The van der Waals surface area contributed by atoms with Crippen molar-refractivity contribution in [2.24, 2.45) is 11.7 Å². The van der Waals surface area contributed by atoms with Crippen LogP contribution in [0.25, 0.3) is 0 Å². The quantitative estimate of drug-likeness (QED) is 0.504. The molecule has 10 nitrogen and oxygen atoms in total. The average molecular weight is 495 g/mol. The summed E-state index contributed by atoms with van der Waals surface area (Å²) < 4.78 is 11.5. The third kappa shape index (κ3) is 4.84. The van der Waals surface area contributed by atoms with E-state index >= 15 is 0 Å². The number of hydrogen-bond donors (Lipinski definition) is 3. The van der Waals surface area contributed by atoms with Gasteiger partial charge in [-0.2, -0.15) is 0 Å². The zero-order chi connectivity index (χ0) is 26.0. The molecule has 0 aliphatic carbocycles. The van der Waals surface area contributed by atoms with E-state index in [1.165, 1.54) is 19.1 Å². The molecule has 5 amide bonds. The number of fused-ring (bicyclic) bond motifs is 1. The first-order valence-corrected chi connectivity index (χ1v) is 11.8. The maximum Gasteiger partial charge on any atom is 0.325 e. The second-order valence-electron chi connectivity index (χ2n) is 9.44. The molecule has 0 saturated carbocycles. The summed E-state index contributed by atoms with van der Waals surface area (Å²) >= 11 is 0. The van der Waals surface area contributed by atoms with Crippen LogP contribution in [0.5, 0.6) is 11.5 Å². The van der Waals surface area contributed by atoms with Gasteiger partial charge in [0.15, 0.2) is 11.5 Å². The molecular weight excluding hydrogens is 464 g/mol. The summed E-state index contributed by atoms with van der Waals surface area (Å²) in [4.78, 5) is 51.4. The minimum absolute atomic E-state index is 0.0172. The van der Waals surface area contributed by atoms with E-state index in [0.717, 1.165) is 16.9 Å². The lowest BCUT2D eigenvalue weighted by Crippen LogP contribution is -2.44. The van der Waals surface area contributed by atoms with E-state index < -0.39 is 35.8 Å². The molecule has 0 bridgehead atoms. The maximum absolute atomic E-state index is 13.3. The van der Waals surface area contributed by atoms with E-state index in [9.17, 15) is 19.2 Å². The highest BCUT2D eigenvalue weighted by molar-refractivity contribution is 6.09. The summed E-state index contributed by atoms with van der Waals surface area (Å²) in [5.74, 6) is -0.441. The fraction of sp³-hybridized carbons (Fsp3) is 0.385. The highest BCUT2D eigenvalue weighted by atomic mass is 16.5. The van der Waals surface area contributed by atoms with Gasteiger partial charge in [0.1, 0.15) is 12.1 Å². The fourth-order valence-electron chi connectivity index (χ4n) is 4.39. The number of benzene rings is 2. The second kappa shape index (κ2) is 9.88. The van der Waals surface area contributed by atoms with E-state index in [1.54, 1.807) is 12.1 Å². The number of carbonyl (C=O) groups excluding carboxylic acids is 4. The minimum Gasteiger partial charge on any atom is -0.490 e. The van der Waals surface area contributed by atoms with Crippen LogP contribution < -0.4 is 25.8 Å². The summed E-state index contributed by atoms with van der Waals surface area (Å²) in [6.07, 6.45) is 0.784. The Morgan fingerprint density at radius 2 is 1.83 bits per heavy atom. The Balaban J connectivity index is 1.50. The van der Waals surface area contributed by atoms with Gasteiger partial charge in [0.05, 0.1) is 19.3 Å². The summed E-state index contributed by atoms with van der Waals surface area (Å²) in [5.41, 5.74) is 5.35. The van der Waals surface area contributed by atoms with Gasteiger partial charge in [-0.05, 0) is 48.2 Å². The predicted octanol–water partition coefficient (Wildman–Crippen LogP) is 2.23. The Kier molecular flexibility index (Phi) is 6.87. The Labute approximate surface area is 209 Å². The van der Waals surface area contributed by atoms with Crippen LogP contribution in [-0.4, -0.2) is 48.4 Å². The van der Waals surface area contributed by atoms with Crippen molar-refractivity contribution in [2.45, 2.75) is 38.8 Å². The zero-order valence-corrected chi connectivity index (χ0v) is 20.5. The number of hydrogen-bond acceptors (Lipinski definition) is 6. The molecule has 2 atom stereocenters. The van der Waals surface area contributed by atoms with Gasteiger partial charge in [-0.15, -0.1) is 0 Å². The largest absolute Gasteiger partial charge is 0.490 e. The van der Waals surface area contributed by atoms with Crippen molar-refractivity contribution in [1.82, 2.24) is 15.5 Å². The summed E-state index contributed by atoms with van der Waals surface area (Å²) in [7, 11) is 0. The van der Waals surface area contributed by atoms with Crippen LogP contribution in [0.2, 0.25) is 0 Å². The molecule has 4 N–H and O–H groups in total. The smallest absolute Gasteiger partial charge is 0.325 e. The van der Waals surface area contributed by atoms with Crippen molar-refractivity contribution in [3.8, 4) is 11.5 Å². The van der Waals surface area contributed by atoms with Crippen molar-refractivity contribution < 1.29 is 28.7 Å². The van der Waals surface area contributed by atoms with E-state index in [0.29, 0.717) is 30.3 Å². The molecule has 4 rings (SSSR count). The number of nitrogens with two attached hydrogens (primary N) is 1. The number of imide groups is 1. The van der Waals surface area contributed by atoms with Gasteiger partial charge in [-0.3, -0.25) is 19.3 Å². The zero-order valence-electron chi connectivity index (χ0n) is 20.5. The Morgan fingerprint density at radius 1 is 1.11 bits per heavy atom. The normalized spacial score (nSPS) is 20.1. The number of primary amides is 1. The van der Waals surface area contributed by atoms with Gasteiger partial charge >= 0.3 is 6.03 Å². The Hall–Kier alpha value is -4.08. The van der Waals surface area contributed by atoms with Crippen molar-refractivity contribution in [1.29, 1.82) is 0 Å². The molecule has 2 heterocycles. The SMILES string of the molecule is CC(C)C(NC(=O)CN1C(=O)NC(C)(c2cccc(C(N)=O)c2)C1=O)c1ccc2c(c1)OCCCO2. The summed E-state index contributed by atoms with van der Waals surface area (Å²) in [6.45, 7) is 6.12. The van der Waals surface area contributed by atoms with Crippen LogP contribution >= 0.6 is 0 Å². The monoisotopic (exact) mass is 494 g/mol. The number of nitrogens with zero attached hydrogens (tertiary/aromatic N) is 1. The van der Waals surface area contributed by atoms with E-state index in [4.69, 9.17) is 15.2 Å². The molecule has 2 aromatic carbocycles. The lowest BCUT2D eigenvalue weighted by molar-refractivity contribution is -0.135. The van der Waals surface area contributed by atoms with Crippen LogP contribution in [-0.2, 0) is 15.1 Å². The van der Waals surface area contributed by atoms with Gasteiger partial charge in [-0.1, -0.05) is 32.0 Å². The fourth-order valence-corrected chi connectivity index (χ4v) is 4.39. The molecule has 10 heteroatoms. The lowest BCUT2D eigenvalue weighted by atomic mass is 9.90. The Bertz CT molecular complexity index is 1210. The van der Waals surface area contributed by atoms with Crippen molar-refractivity contribution in [3.63, 3.8) is 0 Å². The first-order valence-electron chi connectivity index (χ1n) is 11.8. The molecule has 0 spiro atoms. The van der Waals surface area contributed by atoms with E-state index in [2.05, 4.69) is 10.6 Å². The van der Waals surface area contributed by atoms with E-state index in [-0.39, 0.29) is 17.5 Å².